The second-order valence-electron chi connectivity index (χ2n) is 4.32. The maximum absolute atomic E-state index is 12.2. The molecule has 0 spiro atoms. The number of rotatable bonds is 5. The van der Waals surface area contributed by atoms with Gasteiger partial charge in [-0.25, -0.2) is 22.9 Å². The van der Waals surface area contributed by atoms with Crippen LogP contribution >= 0.6 is 0 Å². The molecular formula is C13H13N3O4S. The molecule has 0 aromatic carbocycles. The fraction of sp³-hybridized carbons (Fsp3) is 0.154. The van der Waals surface area contributed by atoms with Gasteiger partial charge in [0.05, 0.1) is 5.56 Å². The van der Waals surface area contributed by atoms with Gasteiger partial charge in [0.1, 0.15) is 0 Å². The Labute approximate surface area is 121 Å². The molecule has 2 heterocycles. The lowest BCUT2D eigenvalue weighted by molar-refractivity contribution is 0.0696. The van der Waals surface area contributed by atoms with Gasteiger partial charge in [-0.2, -0.15) is 0 Å². The highest BCUT2D eigenvalue weighted by atomic mass is 32.2. The minimum absolute atomic E-state index is 0.0748. The summed E-state index contributed by atoms with van der Waals surface area (Å²) in [5, 5.41) is 8.53. The summed E-state index contributed by atoms with van der Waals surface area (Å²) in [4.78, 5) is 18.3. The van der Waals surface area contributed by atoms with E-state index in [0.717, 1.165) is 12.3 Å². The molecule has 8 heteroatoms. The Hall–Kier alpha value is -2.32. The number of hydrogen-bond donors (Lipinski definition) is 2. The first-order valence-corrected chi connectivity index (χ1v) is 7.50. The molecule has 0 radical (unpaired) electrons. The van der Waals surface area contributed by atoms with Gasteiger partial charge in [-0.15, -0.1) is 0 Å². The molecule has 21 heavy (non-hydrogen) atoms. The lowest BCUT2D eigenvalue weighted by Crippen LogP contribution is -2.27. The van der Waals surface area contributed by atoms with E-state index < -0.39 is 22.0 Å². The smallest absolute Gasteiger partial charge is 0.337 e. The van der Waals surface area contributed by atoms with E-state index in [1.807, 2.05) is 0 Å². The topological polar surface area (TPSA) is 109 Å². The third kappa shape index (κ3) is 3.61. The lowest BCUT2D eigenvalue weighted by Gasteiger charge is -2.13. The molecule has 0 aliphatic heterocycles. The predicted molar refractivity (Wildman–Crippen MR) is 74.2 cm³/mol. The monoisotopic (exact) mass is 307 g/mol. The van der Waals surface area contributed by atoms with E-state index in [2.05, 4.69) is 14.7 Å². The first kappa shape index (κ1) is 15.1. The zero-order valence-electron chi connectivity index (χ0n) is 11.1. The van der Waals surface area contributed by atoms with Crippen molar-refractivity contribution in [2.75, 3.05) is 0 Å². The zero-order valence-corrected chi connectivity index (χ0v) is 11.9. The number of carboxylic acids is 1. The summed E-state index contributed by atoms with van der Waals surface area (Å²) in [7, 11) is -3.83. The quantitative estimate of drug-likeness (QED) is 0.859. The molecule has 0 saturated carbocycles. The third-order valence-electron chi connectivity index (χ3n) is 2.77. The Morgan fingerprint density at radius 2 is 2.05 bits per heavy atom. The highest BCUT2D eigenvalue weighted by Crippen LogP contribution is 2.15. The number of aromatic carboxylic acids is 1. The number of nitrogens with one attached hydrogen (secondary N) is 1. The van der Waals surface area contributed by atoms with Crippen LogP contribution < -0.4 is 4.72 Å². The van der Waals surface area contributed by atoms with Crippen molar-refractivity contribution < 1.29 is 18.3 Å². The van der Waals surface area contributed by atoms with Crippen molar-refractivity contribution in [3.8, 4) is 0 Å². The van der Waals surface area contributed by atoms with Crippen LogP contribution in [0.2, 0.25) is 0 Å². The molecule has 0 unspecified atom stereocenters. The van der Waals surface area contributed by atoms with Crippen LogP contribution in [0.3, 0.4) is 0 Å². The van der Waals surface area contributed by atoms with Crippen LogP contribution in [0.25, 0.3) is 0 Å². The van der Waals surface area contributed by atoms with E-state index in [0.29, 0.717) is 5.56 Å². The van der Waals surface area contributed by atoms with E-state index in [1.165, 1.54) is 6.07 Å². The number of hydrogen-bond acceptors (Lipinski definition) is 5. The molecule has 0 bridgehead atoms. The standard InChI is InChI=1S/C13H13N3O4S/c1-9(10-3-2-6-14-7-10)16-21(19,20)12-5-4-11(8-15-12)13(17)18/h2-9,16H,1H3,(H,17,18)/t9-/m1/s1. The Bertz CT molecular complexity index is 730. The molecular weight excluding hydrogens is 294 g/mol. The van der Waals surface area contributed by atoms with Crippen molar-refractivity contribution in [1.29, 1.82) is 0 Å². The van der Waals surface area contributed by atoms with Gasteiger partial charge in [0.2, 0.25) is 0 Å². The highest BCUT2D eigenvalue weighted by molar-refractivity contribution is 7.89. The average molecular weight is 307 g/mol. The summed E-state index contributed by atoms with van der Waals surface area (Å²) in [6.07, 6.45) is 4.16. The average Bonchev–Trinajstić information content (AvgIpc) is 2.48. The molecule has 2 aromatic rings. The van der Waals surface area contributed by atoms with Gasteiger partial charge in [0.15, 0.2) is 5.03 Å². The molecule has 0 saturated heterocycles. The first-order valence-electron chi connectivity index (χ1n) is 6.02. The second kappa shape index (κ2) is 5.98. The van der Waals surface area contributed by atoms with Gasteiger partial charge in [0, 0.05) is 24.6 Å². The number of sulfonamides is 1. The fourth-order valence-electron chi connectivity index (χ4n) is 1.66. The maximum Gasteiger partial charge on any atom is 0.337 e. The molecule has 0 aliphatic rings. The SMILES string of the molecule is C[C@@H](NS(=O)(=O)c1ccc(C(=O)O)cn1)c1cccnc1. The third-order valence-corrected chi connectivity index (χ3v) is 4.23. The summed E-state index contributed by atoms with van der Waals surface area (Å²) >= 11 is 0. The summed E-state index contributed by atoms with van der Waals surface area (Å²) in [5.41, 5.74) is 0.637. The minimum Gasteiger partial charge on any atom is -0.478 e. The highest BCUT2D eigenvalue weighted by Gasteiger charge is 2.20. The largest absolute Gasteiger partial charge is 0.478 e. The normalized spacial score (nSPS) is 12.8. The predicted octanol–water partition coefficient (Wildman–Crippen LogP) is 1.21. The van der Waals surface area contributed by atoms with E-state index >= 15 is 0 Å². The van der Waals surface area contributed by atoms with Crippen molar-refractivity contribution in [2.45, 2.75) is 18.0 Å². The van der Waals surface area contributed by atoms with Crippen molar-refractivity contribution >= 4 is 16.0 Å². The van der Waals surface area contributed by atoms with Crippen molar-refractivity contribution in [2.24, 2.45) is 0 Å². The van der Waals surface area contributed by atoms with Crippen molar-refractivity contribution in [1.82, 2.24) is 14.7 Å². The fourth-order valence-corrected chi connectivity index (χ4v) is 2.82. The molecule has 110 valence electrons. The van der Waals surface area contributed by atoms with Crippen LogP contribution in [-0.4, -0.2) is 29.5 Å². The Morgan fingerprint density at radius 1 is 1.29 bits per heavy atom. The Kier molecular flexibility index (Phi) is 4.29. The Morgan fingerprint density at radius 3 is 2.57 bits per heavy atom. The summed E-state index contributed by atoms with van der Waals surface area (Å²) in [6, 6.07) is 5.33. The van der Waals surface area contributed by atoms with E-state index in [4.69, 9.17) is 5.11 Å². The first-order chi connectivity index (χ1) is 9.90. The second-order valence-corrected chi connectivity index (χ2v) is 5.98. The van der Waals surface area contributed by atoms with Crippen LogP contribution in [0.4, 0.5) is 0 Å². The number of aromatic nitrogens is 2. The van der Waals surface area contributed by atoms with Gasteiger partial charge in [-0.05, 0) is 30.7 Å². The van der Waals surface area contributed by atoms with E-state index in [9.17, 15) is 13.2 Å². The van der Waals surface area contributed by atoms with Gasteiger partial charge >= 0.3 is 5.97 Å². The van der Waals surface area contributed by atoms with Gasteiger partial charge in [0.25, 0.3) is 10.0 Å². The van der Waals surface area contributed by atoms with Gasteiger partial charge in [-0.3, -0.25) is 4.98 Å². The van der Waals surface area contributed by atoms with Crippen LogP contribution in [0.5, 0.6) is 0 Å². The summed E-state index contributed by atoms with van der Waals surface area (Å²) in [6.45, 7) is 1.68. The van der Waals surface area contributed by atoms with E-state index in [1.54, 1.807) is 31.5 Å². The molecule has 0 fully saturated rings. The van der Waals surface area contributed by atoms with Crippen LogP contribution in [0.1, 0.15) is 28.9 Å². The lowest BCUT2D eigenvalue weighted by atomic mass is 10.2. The van der Waals surface area contributed by atoms with Gasteiger partial charge < -0.3 is 5.11 Å². The minimum atomic E-state index is -3.83. The van der Waals surface area contributed by atoms with Crippen LogP contribution in [-0.2, 0) is 10.0 Å². The van der Waals surface area contributed by atoms with Crippen molar-refractivity contribution in [3.63, 3.8) is 0 Å². The molecule has 0 aliphatic carbocycles. The van der Waals surface area contributed by atoms with Gasteiger partial charge in [-0.1, -0.05) is 6.07 Å². The molecule has 7 nitrogen and oxygen atoms in total. The van der Waals surface area contributed by atoms with Crippen LogP contribution in [0.15, 0.2) is 47.9 Å². The molecule has 0 amide bonds. The zero-order chi connectivity index (χ0) is 15.5. The number of nitrogens with zero attached hydrogens (tertiary/aromatic N) is 2. The number of carbonyl (C=O) groups is 1. The molecule has 2 N–H and O–H groups in total. The summed E-state index contributed by atoms with van der Waals surface area (Å²) < 4.78 is 26.8. The number of carboxylic acid groups (broad SMARTS) is 1. The molecule has 1 atom stereocenters. The van der Waals surface area contributed by atoms with Crippen molar-refractivity contribution in [3.05, 3.63) is 54.0 Å². The molecule has 2 aromatic heterocycles. The van der Waals surface area contributed by atoms with Crippen LogP contribution in [0, 0.1) is 0 Å². The Balaban J connectivity index is 2.20. The summed E-state index contributed by atoms with van der Waals surface area (Å²) in [5.74, 6) is -1.16. The molecule has 2 rings (SSSR count). The number of pyridine rings is 2. The maximum atomic E-state index is 12.2. The van der Waals surface area contributed by atoms with E-state index in [-0.39, 0.29) is 10.6 Å².